The van der Waals surface area contributed by atoms with Crippen LogP contribution in [0.3, 0.4) is 0 Å². The van der Waals surface area contributed by atoms with Crippen molar-refractivity contribution in [2.45, 2.75) is 24.9 Å². The Bertz CT molecular complexity index is 395. The molecule has 1 aromatic heterocycles. The van der Waals surface area contributed by atoms with E-state index >= 15 is 0 Å². The van der Waals surface area contributed by atoms with Gasteiger partial charge in [0.2, 0.25) is 0 Å². The Labute approximate surface area is 101 Å². The van der Waals surface area contributed by atoms with Crippen LogP contribution in [-0.2, 0) is 9.53 Å². The van der Waals surface area contributed by atoms with Gasteiger partial charge in [0.25, 0.3) is 5.91 Å². The zero-order chi connectivity index (χ0) is 11.7. The van der Waals surface area contributed by atoms with E-state index in [4.69, 9.17) is 4.74 Å². The first-order chi connectivity index (χ1) is 8.34. The molecular weight excluding hydrogens is 216 g/mol. The van der Waals surface area contributed by atoms with E-state index < -0.39 is 0 Å². The summed E-state index contributed by atoms with van der Waals surface area (Å²) in [6.07, 6.45) is 3.51. The van der Waals surface area contributed by atoms with Crippen molar-refractivity contribution in [1.82, 2.24) is 9.88 Å². The summed E-state index contributed by atoms with van der Waals surface area (Å²) in [6, 6.07) is 5.93. The lowest BCUT2D eigenvalue weighted by atomic mass is 9.95. The van der Waals surface area contributed by atoms with Gasteiger partial charge in [-0.3, -0.25) is 9.78 Å². The van der Waals surface area contributed by atoms with Gasteiger partial charge in [-0.15, -0.1) is 0 Å². The SMILES string of the molecule is O=C([C@@H]1CCCO1)N1CC(c2ccccn2)C1. The van der Waals surface area contributed by atoms with Crippen molar-refractivity contribution < 1.29 is 9.53 Å². The third-order valence-corrected chi connectivity index (χ3v) is 3.50. The second-order valence-corrected chi connectivity index (χ2v) is 4.70. The minimum Gasteiger partial charge on any atom is -0.368 e. The highest BCUT2D eigenvalue weighted by Crippen LogP contribution is 2.27. The summed E-state index contributed by atoms with van der Waals surface area (Å²) < 4.78 is 5.41. The highest BCUT2D eigenvalue weighted by Gasteiger charge is 2.37. The van der Waals surface area contributed by atoms with E-state index in [1.165, 1.54) is 0 Å². The van der Waals surface area contributed by atoms with Gasteiger partial charge in [0.05, 0.1) is 0 Å². The molecule has 3 rings (SSSR count). The van der Waals surface area contributed by atoms with E-state index in [1.54, 1.807) is 6.20 Å². The molecule has 4 nitrogen and oxygen atoms in total. The Balaban J connectivity index is 1.56. The van der Waals surface area contributed by atoms with Crippen LogP contribution in [0.4, 0.5) is 0 Å². The van der Waals surface area contributed by atoms with E-state index in [0.29, 0.717) is 5.92 Å². The maximum Gasteiger partial charge on any atom is 0.251 e. The summed E-state index contributed by atoms with van der Waals surface area (Å²) in [6.45, 7) is 2.30. The first kappa shape index (κ1) is 10.7. The van der Waals surface area contributed by atoms with E-state index in [9.17, 15) is 4.79 Å². The average molecular weight is 232 g/mol. The molecule has 1 aromatic rings. The van der Waals surface area contributed by atoms with Crippen molar-refractivity contribution in [2.24, 2.45) is 0 Å². The third-order valence-electron chi connectivity index (χ3n) is 3.50. The van der Waals surface area contributed by atoms with Crippen LogP contribution in [0.2, 0.25) is 0 Å². The third kappa shape index (κ3) is 2.05. The summed E-state index contributed by atoms with van der Waals surface area (Å²) in [5, 5.41) is 0. The van der Waals surface area contributed by atoms with Gasteiger partial charge in [-0.25, -0.2) is 0 Å². The standard InChI is InChI=1S/C13H16N2O2/c16-13(12-5-3-7-17-12)15-8-10(9-15)11-4-1-2-6-14-11/h1-2,4,6,10,12H,3,5,7-9H2/t12-/m0/s1. The fourth-order valence-corrected chi connectivity index (χ4v) is 2.44. The molecule has 0 aromatic carbocycles. The van der Waals surface area contributed by atoms with Crippen molar-refractivity contribution in [3.05, 3.63) is 30.1 Å². The molecular formula is C13H16N2O2. The number of hydrogen-bond donors (Lipinski definition) is 0. The topological polar surface area (TPSA) is 42.4 Å². The number of rotatable bonds is 2. The molecule has 0 saturated carbocycles. The summed E-state index contributed by atoms with van der Waals surface area (Å²) in [5.74, 6) is 0.566. The number of hydrogen-bond acceptors (Lipinski definition) is 3. The van der Waals surface area contributed by atoms with E-state index in [2.05, 4.69) is 4.98 Å². The Morgan fingerprint density at radius 1 is 1.41 bits per heavy atom. The van der Waals surface area contributed by atoms with E-state index in [-0.39, 0.29) is 12.0 Å². The molecule has 1 atom stereocenters. The van der Waals surface area contributed by atoms with Crippen LogP contribution >= 0.6 is 0 Å². The summed E-state index contributed by atoms with van der Waals surface area (Å²) in [7, 11) is 0. The maximum atomic E-state index is 12.0. The number of likely N-dealkylation sites (tertiary alicyclic amines) is 1. The number of nitrogens with zero attached hydrogens (tertiary/aromatic N) is 2. The fourth-order valence-electron chi connectivity index (χ4n) is 2.44. The summed E-state index contributed by atoms with van der Waals surface area (Å²) >= 11 is 0. The predicted molar refractivity (Wildman–Crippen MR) is 62.5 cm³/mol. The number of pyridine rings is 1. The quantitative estimate of drug-likeness (QED) is 0.769. The minimum absolute atomic E-state index is 0.162. The lowest BCUT2D eigenvalue weighted by Gasteiger charge is -2.40. The number of aromatic nitrogens is 1. The second-order valence-electron chi connectivity index (χ2n) is 4.70. The predicted octanol–water partition coefficient (Wildman–Crippen LogP) is 1.19. The Hall–Kier alpha value is -1.42. The maximum absolute atomic E-state index is 12.0. The highest BCUT2D eigenvalue weighted by molar-refractivity contribution is 5.82. The Morgan fingerprint density at radius 3 is 2.94 bits per heavy atom. The highest BCUT2D eigenvalue weighted by atomic mass is 16.5. The Morgan fingerprint density at radius 2 is 2.29 bits per heavy atom. The van der Waals surface area contributed by atoms with Gasteiger partial charge in [0.1, 0.15) is 6.10 Å². The van der Waals surface area contributed by atoms with Gasteiger partial charge in [0, 0.05) is 37.5 Å². The Kier molecular flexibility index (Phi) is 2.81. The van der Waals surface area contributed by atoms with Gasteiger partial charge in [0.15, 0.2) is 0 Å². The molecule has 0 aliphatic carbocycles. The van der Waals surface area contributed by atoms with Crippen LogP contribution in [0.1, 0.15) is 24.5 Å². The molecule has 3 heterocycles. The molecule has 0 N–H and O–H groups in total. The smallest absolute Gasteiger partial charge is 0.251 e. The largest absolute Gasteiger partial charge is 0.368 e. The number of carbonyl (C=O) groups excluding carboxylic acids is 1. The van der Waals surface area contributed by atoms with Crippen molar-refractivity contribution in [2.75, 3.05) is 19.7 Å². The molecule has 4 heteroatoms. The molecule has 2 aliphatic heterocycles. The van der Waals surface area contributed by atoms with Crippen LogP contribution in [0.5, 0.6) is 0 Å². The lowest BCUT2D eigenvalue weighted by Crippen LogP contribution is -2.52. The molecule has 90 valence electrons. The lowest BCUT2D eigenvalue weighted by molar-refractivity contribution is -0.145. The van der Waals surface area contributed by atoms with Crippen molar-refractivity contribution in [3.8, 4) is 0 Å². The molecule has 2 saturated heterocycles. The normalized spacial score (nSPS) is 24.7. The second kappa shape index (κ2) is 4.45. The van der Waals surface area contributed by atoms with Gasteiger partial charge in [-0.1, -0.05) is 6.07 Å². The van der Waals surface area contributed by atoms with Gasteiger partial charge >= 0.3 is 0 Å². The summed E-state index contributed by atoms with van der Waals surface area (Å²) in [5.41, 5.74) is 1.09. The van der Waals surface area contributed by atoms with E-state index in [1.807, 2.05) is 23.1 Å². The van der Waals surface area contributed by atoms with Crippen molar-refractivity contribution in [3.63, 3.8) is 0 Å². The van der Waals surface area contributed by atoms with Crippen molar-refractivity contribution >= 4 is 5.91 Å². The monoisotopic (exact) mass is 232 g/mol. The molecule has 2 aliphatic rings. The van der Waals surface area contributed by atoms with Gasteiger partial charge in [-0.2, -0.15) is 0 Å². The van der Waals surface area contributed by atoms with Crippen LogP contribution in [-0.4, -0.2) is 41.6 Å². The zero-order valence-electron chi connectivity index (χ0n) is 9.71. The zero-order valence-corrected chi connectivity index (χ0v) is 9.71. The number of amides is 1. The van der Waals surface area contributed by atoms with E-state index in [0.717, 1.165) is 38.2 Å². The van der Waals surface area contributed by atoms with Gasteiger partial charge < -0.3 is 9.64 Å². The van der Waals surface area contributed by atoms with Crippen LogP contribution < -0.4 is 0 Å². The van der Waals surface area contributed by atoms with Crippen molar-refractivity contribution in [1.29, 1.82) is 0 Å². The molecule has 0 bridgehead atoms. The first-order valence-corrected chi connectivity index (χ1v) is 6.16. The average Bonchev–Trinajstić information content (AvgIpc) is 2.81. The molecule has 1 amide bonds. The first-order valence-electron chi connectivity index (χ1n) is 6.16. The molecule has 2 fully saturated rings. The minimum atomic E-state index is -0.181. The molecule has 0 spiro atoms. The molecule has 0 unspecified atom stereocenters. The van der Waals surface area contributed by atoms with Crippen LogP contribution in [0.15, 0.2) is 24.4 Å². The number of ether oxygens (including phenoxy) is 1. The number of carbonyl (C=O) groups is 1. The fraction of sp³-hybridized carbons (Fsp3) is 0.538. The van der Waals surface area contributed by atoms with Gasteiger partial charge in [-0.05, 0) is 25.0 Å². The summed E-state index contributed by atoms with van der Waals surface area (Å²) in [4.78, 5) is 18.2. The molecule has 17 heavy (non-hydrogen) atoms. The van der Waals surface area contributed by atoms with Crippen LogP contribution in [0.25, 0.3) is 0 Å². The molecule has 0 radical (unpaired) electrons. The van der Waals surface area contributed by atoms with Crippen LogP contribution in [0, 0.1) is 0 Å².